The van der Waals surface area contributed by atoms with Crippen molar-refractivity contribution in [2.75, 3.05) is 6.54 Å². The van der Waals surface area contributed by atoms with E-state index in [0.29, 0.717) is 6.54 Å². The van der Waals surface area contributed by atoms with Crippen LogP contribution in [0.3, 0.4) is 0 Å². The highest BCUT2D eigenvalue weighted by atomic mass is 35.5. The predicted molar refractivity (Wildman–Crippen MR) is 73.0 cm³/mol. The van der Waals surface area contributed by atoms with E-state index in [1.165, 1.54) is 5.56 Å². The first kappa shape index (κ1) is 12.8. The molecule has 1 aromatic heterocycles. The van der Waals surface area contributed by atoms with Crippen LogP contribution in [0.5, 0.6) is 0 Å². The molecule has 1 aromatic carbocycles. The van der Waals surface area contributed by atoms with Gasteiger partial charge in [-0.25, -0.2) is 0 Å². The molecule has 0 saturated heterocycles. The lowest BCUT2D eigenvalue weighted by molar-refractivity contribution is 0.942. The summed E-state index contributed by atoms with van der Waals surface area (Å²) in [6.07, 6.45) is 0.845. The highest BCUT2D eigenvalue weighted by molar-refractivity contribution is 8.01. The predicted octanol–water partition coefficient (Wildman–Crippen LogP) is 3.15. The summed E-state index contributed by atoms with van der Waals surface area (Å²) in [5.41, 5.74) is 6.80. The minimum Gasteiger partial charge on any atom is -0.330 e. The van der Waals surface area contributed by atoms with E-state index in [9.17, 15) is 0 Å². The summed E-state index contributed by atoms with van der Waals surface area (Å²) in [6.45, 7) is 2.57. The highest BCUT2D eigenvalue weighted by Crippen LogP contribution is 2.34. The molecule has 3 nitrogen and oxygen atoms in total. The Morgan fingerprint density at radius 2 is 2.24 bits per heavy atom. The highest BCUT2D eigenvalue weighted by Gasteiger charge is 2.08. The summed E-state index contributed by atoms with van der Waals surface area (Å²) in [7, 11) is 0. The number of aryl methyl sites for hydroxylation is 1. The third-order valence-corrected chi connectivity index (χ3v) is 4.37. The van der Waals surface area contributed by atoms with Crippen molar-refractivity contribution in [1.29, 1.82) is 0 Å². The van der Waals surface area contributed by atoms with Crippen LogP contribution in [-0.4, -0.2) is 16.7 Å². The fraction of sp³-hybridized carbons (Fsp3) is 0.273. The van der Waals surface area contributed by atoms with Gasteiger partial charge in [-0.05, 0) is 37.6 Å². The molecule has 0 amide bonds. The minimum absolute atomic E-state index is 0.629. The normalized spacial score (nSPS) is 10.8. The lowest BCUT2D eigenvalue weighted by atomic mass is 10.1. The molecule has 17 heavy (non-hydrogen) atoms. The van der Waals surface area contributed by atoms with Crippen molar-refractivity contribution in [2.24, 2.45) is 5.73 Å². The first-order valence-electron chi connectivity index (χ1n) is 5.15. The Hall–Kier alpha value is -0.620. The van der Waals surface area contributed by atoms with Gasteiger partial charge in [0.2, 0.25) is 0 Å². The molecule has 2 rings (SSSR count). The summed E-state index contributed by atoms with van der Waals surface area (Å²) in [4.78, 5) is 1.11. The fourth-order valence-electron chi connectivity index (χ4n) is 1.40. The molecule has 0 unspecified atom stereocenters. The van der Waals surface area contributed by atoms with Gasteiger partial charge >= 0.3 is 0 Å². The van der Waals surface area contributed by atoms with Gasteiger partial charge in [0, 0.05) is 9.92 Å². The number of hydrogen-bond donors (Lipinski definition) is 1. The lowest BCUT2D eigenvalue weighted by Crippen LogP contribution is -2.03. The van der Waals surface area contributed by atoms with E-state index in [-0.39, 0.29) is 0 Å². The minimum atomic E-state index is 0.629. The molecule has 0 radical (unpaired) electrons. The summed E-state index contributed by atoms with van der Waals surface area (Å²) < 4.78 is 0.933. The van der Waals surface area contributed by atoms with E-state index in [1.807, 2.05) is 25.1 Å². The molecule has 2 aromatic rings. The van der Waals surface area contributed by atoms with Crippen molar-refractivity contribution in [2.45, 2.75) is 22.6 Å². The van der Waals surface area contributed by atoms with Gasteiger partial charge in [0.25, 0.3) is 0 Å². The number of halogens is 1. The zero-order valence-electron chi connectivity index (χ0n) is 9.31. The van der Waals surface area contributed by atoms with E-state index in [4.69, 9.17) is 17.3 Å². The van der Waals surface area contributed by atoms with Gasteiger partial charge in [0.05, 0.1) is 0 Å². The van der Waals surface area contributed by atoms with Gasteiger partial charge in [0.15, 0.2) is 4.34 Å². The summed E-state index contributed by atoms with van der Waals surface area (Å²) in [5, 5.41) is 9.80. The van der Waals surface area contributed by atoms with Crippen LogP contribution in [0.25, 0.3) is 0 Å². The van der Waals surface area contributed by atoms with Crippen LogP contribution in [-0.2, 0) is 6.42 Å². The van der Waals surface area contributed by atoms with Gasteiger partial charge in [0.1, 0.15) is 5.01 Å². The summed E-state index contributed by atoms with van der Waals surface area (Å²) in [5.74, 6) is 0. The molecule has 0 aliphatic heterocycles. The molecular weight excluding hydrogens is 274 g/mol. The van der Waals surface area contributed by atoms with Crippen LogP contribution >= 0.6 is 34.7 Å². The lowest BCUT2D eigenvalue weighted by Gasteiger charge is -2.06. The molecule has 1 heterocycles. The number of aromatic nitrogens is 2. The van der Waals surface area contributed by atoms with Crippen molar-refractivity contribution >= 4 is 34.7 Å². The maximum Gasteiger partial charge on any atom is 0.179 e. The largest absolute Gasteiger partial charge is 0.330 e. The third-order valence-electron chi connectivity index (χ3n) is 2.15. The average Bonchev–Trinajstić information content (AvgIpc) is 2.68. The molecule has 0 aliphatic rings. The summed E-state index contributed by atoms with van der Waals surface area (Å²) in [6, 6.07) is 5.86. The zero-order valence-corrected chi connectivity index (χ0v) is 11.7. The zero-order chi connectivity index (χ0) is 12.3. The summed E-state index contributed by atoms with van der Waals surface area (Å²) >= 11 is 9.19. The fourth-order valence-corrected chi connectivity index (χ4v) is 3.61. The Balaban J connectivity index is 2.26. The first-order chi connectivity index (χ1) is 8.19. The monoisotopic (exact) mass is 285 g/mol. The number of rotatable bonds is 4. The van der Waals surface area contributed by atoms with E-state index in [0.717, 1.165) is 25.7 Å². The maximum absolute atomic E-state index is 6.01. The van der Waals surface area contributed by atoms with Crippen molar-refractivity contribution in [3.8, 4) is 0 Å². The Kier molecular flexibility index (Phi) is 4.39. The van der Waals surface area contributed by atoms with Crippen molar-refractivity contribution in [3.05, 3.63) is 33.8 Å². The van der Waals surface area contributed by atoms with Crippen LogP contribution in [0.1, 0.15) is 10.6 Å². The first-order valence-corrected chi connectivity index (χ1v) is 7.16. The number of nitrogens with zero attached hydrogens (tertiary/aromatic N) is 2. The molecule has 0 spiro atoms. The van der Waals surface area contributed by atoms with E-state index in [1.54, 1.807) is 23.1 Å². The number of nitrogens with two attached hydrogens (primary N) is 1. The second kappa shape index (κ2) is 5.82. The number of hydrogen-bond acceptors (Lipinski definition) is 5. The van der Waals surface area contributed by atoms with Crippen molar-refractivity contribution in [1.82, 2.24) is 10.2 Å². The quantitative estimate of drug-likeness (QED) is 0.937. The Morgan fingerprint density at radius 1 is 1.41 bits per heavy atom. The van der Waals surface area contributed by atoms with Gasteiger partial charge in [-0.3, -0.25) is 0 Å². The molecule has 0 bridgehead atoms. The molecule has 0 atom stereocenters. The second-order valence-corrected chi connectivity index (χ2v) is 6.39. The Labute approximate surface area is 113 Å². The third kappa shape index (κ3) is 3.42. The Morgan fingerprint density at radius 3 is 2.88 bits per heavy atom. The number of benzene rings is 1. The molecular formula is C11H12ClN3S2. The molecule has 0 saturated carbocycles. The van der Waals surface area contributed by atoms with Gasteiger partial charge < -0.3 is 5.73 Å². The molecule has 90 valence electrons. The smallest absolute Gasteiger partial charge is 0.179 e. The average molecular weight is 286 g/mol. The van der Waals surface area contributed by atoms with Crippen LogP contribution in [0, 0.1) is 6.92 Å². The van der Waals surface area contributed by atoms with E-state index in [2.05, 4.69) is 10.2 Å². The van der Waals surface area contributed by atoms with E-state index < -0.39 is 0 Å². The standard InChI is InChI=1S/C11H12ClN3S2/c1-7-14-15-11(16-7)17-10-6-9(12)3-2-8(10)4-5-13/h2-3,6H,4-5,13H2,1H3. The second-order valence-electron chi connectivity index (χ2n) is 3.48. The van der Waals surface area contributed by atoms with E-state index >= 15 is 0 Å². The molecule has 0 fully saturated rings. The van der Waals surface area contributed by atoms with Crippen molar-refractivity contribution < 1.29 is 0 Å². The van der Waals surface area contributed by atoms with Crippen LogP contribution in [0.2, 0.25) is 5.02 Å². The van der Waals surface area contributed by atoms with Gasteiger partial charge in [-0.1, -0.05) is 40.8 Å². The Bertz CT molecular complexity index is 513. The van der Waals surface area contributed by atoms with Crippen LogP contribution < -0.4 is 5.73 Å². The van der Waals surface area contributed by atoms with Gasteiger partial charge in [-0.2, -0.15) is 0 Å². The SMILES string of the molecule is Cc1nnc(Sc2cc(Cl)ccc2CCN)s1. The van der Waals surface area contributed by atoms with Crippen molar-refractivity contribution in [3.63, 3.8) is 0 Å². The topological polar surface area (TPSA) is 51.8 Å². The van der Waals surface area contributed by atoms with Gasteiger partial charge in [-0.15, -0.1) is 10.2 Å². The molecule has 0 aliphatic carbocycles. The molecule has 2 N–H and O–H groups in total. The van der Waals surface area contributed by atoms with Crippen LogP contribution in [0.15, 0.2) is 27.4 Å². The maximum atomic E-state index is 6.01. The molecule has 6 heteroatoms. The van der Waals surface area contributed by atoms with Crippen LogP contribution in [0.4, 0.5) is 0 Å².